The van der Waals surface area contributed by atoms with E-state index in [4.69, 9.17) is 5.73 Å². The molecule has 4 nitrogen and oxygen atoms in total. The first-order chi connectivity index (χ1) is 9.22. The fourth-order valence-electron chi connectivity index (χ4n) is 2.70. The van der Waals surface area contributed by atoms with Gasteiger partial charge >= 0.3 is 0 Å². The minimum atomic E-state index is 0.0613. The fraction of sp³-hybridized carbons (Fsp3) is 0.429. The summed E-state index contributed by atoms with van der Waals surface area (Å²) in [7, 11) is 0. The number of aromatic nitrogens is 1. The predicted molar refractivity (Wildman–Crippen MR) is 78.2 cm³/mol. The fourth-order valence-corrected chi connectivity index (χ4v) is 3.42. The number of carbonyl (C=O) groups is 1. The van der Waals surface area contributed by atoms with Gasteiger partial charge in [0.25, 0.3) is 0 Å². The van der Waals surface area contributed by atoms with Crippen molar-refractivity contribution in [3.8, 4) is 0 Å². The summed E-state index contributed by atoms with van der Waals surface area (Å²) >= 11 is 1.58. The van der Waals surface area contributed by atoms with Crippen LogP contribution in [0.4, 0.5) is 5.69 Å². The number of rotatable bonds is 3. The molecule has 0 radical (unpaired) electrons. The summed E-state index contributed by atoms with van der Waals surface area (Å²) in [6, 6.07) is 5.99. The molecule has 19 heavy (non-hydrogen) atoms. The van der Waals surface area contributed by atoms with Gasteiger partial charge in [0.2, 0.25) is 5.91 Å². The highest BCUT2D eigenvalue weighted by Gasteiger charge is 2.25. The quantitative estimate of drug-likeness (QED) is 0.905. The maximum absolute atomic E-state index is 12.0. The van der Waals surface area contributed by atoms with Gasteiger partial charge in [-0.2, -0.15) is 0 Å². The number of nitrogens with zero attached hydrogens (tertiary/aromatic N) is 1. The van der Waals surface area contributed by atoms with Crippen LogP contribution in [0.15, 0.2) is 23.7 Å². The van der Waals surface area contributed by atoms with Gasteiger partial charge in [-0.1, -0.05) is 6.42 Å². The molecule has 100 valence electrons. The molecule has 3 N–H and O–H groups in total. The van der Waals surface area contributed by atoms with Crippen LogP contribution in [-0.2, 0) is 4.79 Å². The third-order valence-electron chi connectivity index (χ3n) is 3.78. The lowest BCUT2D eigenvalue weighted by Gasteiger charge is -2.14. The maximum Gasteiger partial charge on any atom is 0.224 e. The second-order valence-corrected chi connectivity index (χ2v) is 6.03. The number of benzene rings is 1. The van der Waals surface area contributed by atoms with Crippen molar-refractivity contribution in [2.45, 2.75) is 31.7 Å². The molecule has 1 saturated carbocycles. The van der Waals surface area contributed by atoms with Crippen LogP contribution < -0.4 is 11.1 Å². The SMILES string of the molecule is N[C@@H]1CCC[C@H]1CC(=O)Nc1ccc2ncsc2c1. The second-order valence-electron chi connectivity index (χ2n) is 5.14. The monoisotopic (exact) mass is 275 g/mol. The van der Waals surface area contributed by atoms with Crippen LogP contribution in [0.3, 0.4) is 0 Å². The Kier molecular flexibility index (Phi) is 3.48. The Morgan fingerprint density at radius 3 is 3.16 bits per heavy atom. The van der Waals surface area contributed by atoms with E-state index in [1.165, 1.54) is 0 Å². The van der Waals surface area contributed by atoms with Crippen LogP contribution in [0.25, 0.3) is 10.2 Å². The number of amides is 1. The summed E-state index contributed by atoms with van der Waals surface area (Å²) in [6.45, 7) is 0. The molecule has 0 aliphatic heterocycles. The number of nitrogens with one attached hydrogen (secondary N) is 1. The number of fused-ring (bicyclic) bond motifs is 1. The summed E-state index contributed by atoms with van der Waals surface area (Å²) in [6.07, 6.45) is 3.79. The standard InChI is InChI=1S/C14H17N3OS/c15-11-3-1-2-9(11)6-14(18)17-10-4-5-12-13(7-10)19-8-16-12/h4-5,7-9,11H,1-3,6,15H2,(H,17,18)/t9-,11+/m0/s1. The van der Waals surface area contributed by atoms with Crippen molar-refractivity contribution in [1.29, 1.82) is 0 Å². The number of nitrogens with two attached hydrogens (primary N) is 1. The summed E-state index contributed by atoms with van der Waals surface area (Å²) in [5.41, 5.74) is 9.62. The Labute approximate surface area is 116 Å². The molecular formula is C14H17N3OS. The molecule has 5 heteroatoms. The molecule has 0 unspecified atom stereocenters. The Morgan fingerprint density at radius 1 is 1.47 bits per heavy atom. The first-order valence-electron chi connectivity index (χ1n) is 6.61. The molecule has 1 heterocycles. The molecular weight excluding hydrogens is 258 g/mol. The van der Waals surface area contributed by atoms with E-state index in [1.54, 1.807) is 11.3 Å². The van der Waals surface area contributed by atoms with E-state index < -0.39 is 0 Å². The minimum Gasteiger partial charge on any atom is -0.327 e. The van der Waals surface area contributed by atoms with E-state index in [0.29, 0.717) is 12.3 Å². The molecule has 0 bridgehead atoms. The molecule has 1 fully saturated rings. The first-order valence-corrected chi connectivity index (χ1v) is 7.49. The highest BCUT2D eigenvalue weighted by molar-refractivity contribution is 7.16. The minimum absolute atomic E-state index is 0.0613. The van der Waals surface area contributed by atoms with Crippen molar-refractivity contribution in [3.05, 3.63) is 23.7 Å². The Morgan fingerprint density at radius 2 is 2.37 bits per heavy atom. The Bertz CT molecular complexity index is 595. The van der Waals surface area contributed by atoms with Gasteiger partial charge in [-0.3, -0.25) is 4.79 Å². The van der Waals surface area contributed by atoms with Gasteiger partial charge in [-0.15, -0.1) is 11.3 Å². The lowest BCUT2D eigenvalue weighted by Crippen LogP contribution is -2.28. The third-order valence-corrected chi connectivity index (χ3v) is 4.57. The molecule has 2 atom stereocenters. The first kappa shape index (κ1) is 12.6. The lowest BCUT2D eigenvalue weighted by molar-refractivity contribution is -0.117. The number of hydrogen-bond acceptors (Lipinski definition) is 4. The highest BCUT2D eigenvalue weighted by atomic mass is 32.1. The normalized spacial score (nSPS) is 22.8. The van der Waals surface area contributed by atoms with Gasteiger partial charge in [0, 0.05) is 18.2 Å². The number of hydrogen-bond donors (Lipinski definition) is 2. The zero-order valence-electron chi connectivity index (χ0n) is 10.6. The Hall–Kier alpha value is -1.46. The van der Waals surface area contributed by atoms with Gasteiger partial charge < -0.3 is 11.1 Å². The topological polar surface area (TPSA) is 68.0 Å². The van der Waals surface area contributed by atoms with Crippen LogP contribution in [0.1, 0.15) is 25.7 Å². The number of carbonyl (C=O) groups excluding carboxylic acids is 1. The van der Waals surface area contributed by atoms with Crippen molar-refractivity contribution >= 4 is 33.1 Å². The molecule has 1 aromatic carbocycles. The summed E-state index contributed by atoms with van der Waals surface area (Å²) in [4.78, 5) is 16.2. The third kappa shape index (κ3) is 2.77. The van der Waals surface area contributed by atoms with Gasteiger partial charge in [-0.05, 0) is 37.0 Å². The maximum atomic E-state index is 12.0. The van der Waals surface area contributed by atoms with Gasteiger partial charge in [0.1, 0.15) is 0 Å². The van der Waals surface area contributed by atoms with E-state index >= 15 is 0 Å². The van der Waals surface area contributed by atoms with Crippen LogP contribution in [0.2, 0.25) is 0 Å². The van der Waals surface area contributed by atoms with Crippen LogP contribution in [0.5, 0.6) is 0 Å². The van der Waals surface area contributed by atoms with E-state index in [2.05, 4.69) is 10.3 Å². The second kappa shape index (κ2) is 5.27. The lowest BCUT2D eigenvalue weighted by atomic mass is 10.00. The van der Waals surface area contributed by atoms with Gasteiger partial charge in [0.15, 0.2) is 0 Å². The van der Waals surface area contributed by atoms with E-state index in [-0.39, 0.29) is 11.9 Å². The van der Waals surface area contributed by atoms with Crippen molar-refractivity contribution in [1.82, 2.24) is 4.98 Å². The van der Waals surface area contributed by atoms with Crippen molar-refractivity contribution in [2.75, 3.05) is 5.32 Å². The molecule has 1 aliphatic carbocycles. The van der Waals surface area contributed by atoms with Gasteiger partial charge in [0.05, 0.1) is 15.7 Å². The zero-order chi connectivity index (χ0) is 13.2. The smallest absolute Gasteiger partial charge is 0.224 e. The van der Waals surface area contributed by atoms with E-state index in [9.17, 15) is 4.79 Å². The Balaban J connectivity index is 1.65. The summed E-state index contributed by atoms with van der Waals surface area (Å²) in [5.74, 6) is 0.401. The molecule has 1 aliphatic rings. The molecule has 3 rings (SSSR count). The average Bonchev–Trinajstić information content (AvgIpc) is 2.98. The van der Waals surface area contributed by atoms with Crippen LogP contribution in [0, 0.1) is 5.92 Å². The van der Waals surface area contributed by atoms with Crippen LogP contribution in [-0.4, -0.2) is 16.9 Å². The van der Waals surface area contributed by atoms with Crippen molar-refractivity contribution in [3.63, 3.8) is 0 Å². The molecule has 0 spiro atoms. The molecule has 0 saturated heterocycles. The zero-order valence-corrected chi connectivity index (χ0v) is 11.5. The number of thiazole rings is 1. The molecule has 1 amide bonds. The van der Waals surface area contributed by atoms with Crippen molar-refractivity contribution in [2.24, 2.45) is 11.7 Å². The summed E-state index contributed by atoms with van der Waals surface area (Å²) < 4.78 is 1.09. The molecule has 1 aromatic heterocycles. The van der Waals surface area contributed by atoms with Crippen LogP contribution >= 0.6 is 11.3 Å². The number of anilines is 1. The highest BCUT2D eigenvalue weighted by Crippen LogP contribution is 2.27. The molecule has 2 aromatic rings. The van der Waals surface area contributed by atoms with Gasteiger partial charge in [-0.25, -0.2) is 4.98 Å². The van der Waals surface area contributed by atoms with E-state index in [0.717, 1.165) is 35.2 Å². The largest absolute Gasteiger partial charge is 0.327 e. The van der Waals surface area contributed by atoms with E-state index in [1.807, 2.05) is 23.7 Å². The predicted octanol–water partition coefficient (Wildman–Crippen LogP) is 2.75. The van der Waals surface area contributed by atoms with Crippen molar-refractivity contribution < 1.29 is 4.79 Å². The summed E-state index contributed by atoms with van der Waals surface area (Å²) in [5, 5.41) is 2.96. The average molecular weight is 275 g/mol.